The molecule has 0 fully saturated rings. The summed E-state index contributed by atoms with van der Waals surface area (Å²) < 4.78 is 0. The van der Waals surface area contributed by atoms with Crippen LogP contribution >= 0.6 is 11.6 Å². The van der Waals surface area contributed by atoms with Crippen LogP contribution in [0.1, 0.15) is 39.7 Å². The molecule has 1 aromatic heterocycles. The van der Waals surface area contributed by atoms with E-state index in [1.54, 1.807) is 6.20 Å². The van der Waals surface area contributed by atoms with Gasteiger partial charge >= 0.3 is 0 Å². The first-order valence-corrected chi connectivity index (χ1v) is 6.89. The molecule has 0 unspecified atom stereocenters. The molecule has 3 nitrogen and oxygen atoms in total. The van der Waals surface area contributed by atoms with Crippen LogP contribution in [0.2, 0.25) is 5.02 Å². The second kappa shape index (κ2) is 6.39. The number of nitrogens with zero attached hydrogens (tertiary/aromatic N) is 2. The van der Waals surface area contributed by atoms with Gasteiger partial charge in [-0.25, -0.2) is 4.98 Å². The summed E-state index contributed by atoms with van der Waals surface area (Å²) in [6, 6.07) is 2.07. The normalized spacial score (nSPS) is 11.7. The van der Waals surface area contributed by atoms with Gasteiger partial charge in [-0.05, 0) is 38.4 Å². The Morgan fingerprint density at radius 3 is 2.61 bits per heavy atom. The van der Waals surface area contributed by atoms with E-state index < -0.39 is 0 Å². The fourth-order valence-electron chi connectivity index (χ4n) is 1.59. The SMILES string of the molecule is CCNCc1cc(N(C)C(C)(C)CC)ncc1Cl. The molecule has 0 bridgehead atoms. The summed E-state index contributed by atoms with van der Waals surface area (Å²) in [6.45, 7) is 10.4. The molecule has 1 heterocycles. The highest BCUT2D eigenvalue weighted by molar-refractivity contribution is 6.31. The molecule has 1 aromatic rings. The van der Waals surface area contributed by atoms with Gasteiger partial charge in [-0.15, -0.1) is 0 Å². The van der Waals surface area contributed by atoms with Crippen LogP contribution in [0.3, 0.4) is 0 Å². The number of hydrogen-bond acceptors (Lipinski definition) is 3. The molecule has 1 rings (SSSR count). The van der Waals surface area contributed by atoms with Crippen molar-refractivity contribution in [2.45, 2.75) is 46.2 Å². The van der Waals surface area contributed by atoms with Crippen LogP contribution in [0.15, 0.2) is 12.3 Å². The second-order valence-electron chi connectivity index (χ2n) is 5.14. The topological polar surface area (TPSA) is 28.2 Å². The van der Waals surface area contributed by atoms with Crippen LogP contribution < -0.4 is 10.2 Å². The third kappa shape index (κ3) is 3.59. The molecule has 0 aliphatic rings. The van der Waals surface area contributed by atoms with Gasteiger partial charge in [-0.2, -0.15) is 0 Å². The highest BCUT2D eigenvalue weighted by Gasteiger charge is 2.22. The summed E-state index contributed by atoms with van der Waals surface area (Å²) in [5.41, 5.74) is 1.19. The van der Waals surface area contributed by atoms with Crippen LogP contribution in [-0.2, 0) is 6.54 Å². The van der Waals surface area contributed by atoms with Gasteiger partial charge < -0.3 is 10.2 Å². The number of hydrogen-bond donors (Lipinski definition) is 1. The van der Waals surface area contributed by atoms with E-state index in [0.29, 0.717) is 0 Å². The maximum absolute atomic E-state index is 6.16. The van der Waals surface area contributed by atoms with E-state index in [1.807, 2.05) is 0 Å². The van der Waals surface area contributed by atoms with Crippen molar-refractivity contribution in [3.63, 3.8) is 0 Å². The molecular weight excluding hydrogens is 246 g/mol. The molecular formula is C14H24ClN3. The Hall–Kier alpha value is -0.800. The molecule has 0 amide bonds. The molecule has 0 saturated carbocycles. The Labute approximate surface area is 116 Å². The molecule has 0 saturated heterocycles. The Bertz CT molecular complexity index is 391. The van der Waals surface area contributed by atoms with Gasteiger partial charge in [0, 0.05) is 25.3 Å². The Kier molecular flexibility index (Phi) is 5.42. The summed E-state index contributed by atoms with van der Waals surface area (Å²) in [5, 5.41) is 4.02. The molecule has 102 valence electrons. The predicted octanol–water partition coefficient (Wildman–Crippen LogP) is 3.47. The summed E-state index contributed by atoms with van der Waals surface area (Å²) in [7, 11) is 2.08. The zero-order valence-corrected chi connectivity index (χ0v) is 12.8. The monoisotopic (exact) mass is 269 g/mol. The van der Waals surface area contributed by atoms with E-state index in [0.717, 1.165) is 35.9 Å². The van der Waals surface area contributed by atoms with E-state index in [2.05, 4.69) is 56.0 Å². The highest BCUT2D eigenvalue weighted by atomic mass is 35.5. The first-order valence-electron chi connectivity index (χ1n) is 6.51. The lowest BCUT2D eigenvalue weighted by molar-refractivity contribution is 0.467. The van der Waals surface area contributed by atoms with E-state index in [9.17, 15) is 0 Å². The van der Waals surface area contributed by atoms with Crippen molar-refractivity contribution in [1.82, 2.24) is 10.3 Å². The zero-order valence-electron chi connectivity index (χ0n) is 12.0. The summed E-state index contributed by atoms with van der Waals surface area (Å²) in [5.74, 6) is 0.971. The Morgan fingerprint density at radius 1 is 1.39 bits per heavy atom. The number of aromatic nitrogens is 1. The van der Waals surface area contributed by atoms with Crippen LogP contribution in [0.25, 0.3) is 0 Å². The van der Waals surface area contributed by atoms with Gasteiger partial charge in [0.2, 0.25) is 0 Å². The minimum absolute atomic E-state index is 0.0935. The number of pyridine rings is 1. The molecule has 18 heavy (non-hydrogen) atoms. The van der Waals surface area contributed by atoms with Crippen molar-refractivity contribution in [3.8, 4) is 0 Å². The Balaban J connectivity index is 2.97. The number of halogens is 1. The van der Waals surface area contributed by atoms with Gasteiger partial charge in [-0.1, -0.05) is 25.4 Å². The van der Waals surface area contributed by atoms with Crippen molar-refractivity contribution in [3.05, 3.63) is 22.8 Å². The van der Waals surface area contributed by atoms with Crippen LogP contribution in [0, 0.1) is 0 Å². The summed E-state index contributed by atoms with van der Waals surface area (Å²) in [6.07, 6.45) is 2.81. The maximum atomic E-state index is 6.16. The number of nitrogens with one attached hydrogen (secondary N) is 1. The largest absolute Gasteiger partial charge is 0.355 e. The third-order valence-corrected chi connectivity index (χ3v) is 3.94. The lowest BCUT2D eigenvalue weighted by Crippen LogP contribution is -2.41. The molecule has 0 aromatic carbocycles. The van der Waals surface area contributed by atoms with E-state index in [1.165, 1.54) is 0 Å². The smallest absolute Gasteiger partial charge is 0.129 e. The van der Waals surface area contributed by atoms with E-state index in [-0.39, 0.29) is 5.54 Å². The van der Waals surface area contributed by atoms with Gasteiger partial charge in [0.1, 0.15) is 5.82 Å². The average Bonchev–Trinajstić information content (AvgIpc) is 2.37. The lowest BCUT2D eigenvalue weighted by Gasteiger charge is -2.36. The second-order valence-corrected chi connectivity index (χ2v) is 5.55. The first-order chi connectivity index (χ1) is 8.42. The first kappa shape index (κ1) is 15.3. The third-order valence-electron chi connectivity index (χ3n) is 3.60. The summed E-state index contributed by atoms with van der Waals surface area (Å²) >= 11 is 6.16. The van der Waals surface area contributed by atoms with E-state index in [4.69, 9.17) is 11.6 Å². The van der Waals surface area contributed by atoms with Crippen molar-refractivity contribution in [2.24, 2.45) is 0 Å². The summed E-state index contributed by atoms with van der Waals surface area (Å²) in [4.78, 5) is 6.63. The highest BCUT2D eigenvalue weighted by Crippen LogP contribution is 2.26. The zero-order chi connectivity index (χ0) is 13.8. The van der Waals surface area contributed by atoms with Crippen molar-refractivity contribution in [1.29, 1.82) is 0 Å². The van der Waals surface area contributed by atoms with Crippen LogP contribution in [0.4, 0.5) is 5.82 Å². The van der Waals surface area contributed by atoms with Crippen molar-refractivity contribution in [2.75, 3.05) is 18.5 Å². The Morgan fingerprint density at radius 2 is 2.06 bits per heavy atom. The minimum atomic E-state index is 0.0935. The van der Waals surface area contributed by atoms with E-state index >= 15 is 0 Å². The fourth-order valence-corrected chi connectivity index (χ4v) is 1.76. The molecule has 0 spiro atoms. The van der Waals surface area contributed by atoms with Crippen molar-refractivity contribution < 1.29 is 0 Å². The van der Waals surface area contributed by atoms with Gasteiger partial charge in [0.25, 0.3) is 0 Å². The van der Waals surface area contributed by atoms with Gasteiger partial charge in [0.15, 0.2) is 0 Å². The van der Waals surface area contributed by atoms with Crippen LogP contribution in [-0.4, -0.2) is 24.1 Å². The van der Waals surface area contributed by atoms with Crippen molar-refractivity contribution >= 4 is 17.4 Å². The average molecular weight is 270 g/mol. The lowest BCUT2D eigenvalue weighted by atomic mass is 10.00. The minimum Gasteiger partial charge on any atom is -0.355 e. The molecule has 0 aliphatic heterocycles. The molecule has 4 heteroatoms. The molecule has 0 aliphatic carbocycles. The number of rotatable bonds is 6. The van der Waals surface area contributed by atoms with Gasteiger partial charge in [-0.3, -0.25) is 0 Å². The number of anilines is 1. The standard InChI is InChI=1S/C14H24ClN3/c1-6-14(3,4)18(5)13-8-11(9-16-7-2)12(15)10-17-13/h8,10,16H,6-7,9H2,1-5H3. The fraction of sp³-hybridized carbons (Fsp3) is 0.643. The van der Waals surface area contributed by atoms with Gasteiger partial charge in [0.05, 0.1) is 5.02 Å². The molecule has 0 atom stereocenters. The molecule has 1 N–H and O–H groups in total. The molecule has 0 radical (unpaired) electrons. The maximum Gasteiger partial charge on any atom is 0.129 e. The van der Waals surface area contributed by atoms with Crippen LogP contribution in [0.5, 0.6) is 0 Å². The quantitative estimate of drug-likeness (QED) is 0.857. The predicted molar refractivity (Wildman–Crippen MR) is 79.4 cm³/mol.